The van der Waals surface area contributed by atoms with Gasteiger partial charge in [-0.25, -0.2) is 0 Å². The smallest absolute Gasteiger partial charge is 0.183 e. The van der Waals surface area contributed by atoms with Gasteiger partial charge in [0.1, 0.15) is 6.10 Å². The van der Waals surface area contributed by atoms with E-state index in [-0.39, 0.29) is 5.78 Å². The zero-order valence-electron chi connectivity index (χ0n) is 10.4. The third-order valence-corrected chi connectivity index (χ3v) is 3.24. The van der Waals surface area contributed by atoms with E-state index < -0.39 is 6.10 Å². The molecule has 1 aliphatic carbocycles. The van der Waals surface area contributed by atoms with E-state index in [0.717, 1.165) is 12.8 Å². The summed E-state index contributed by atoms with van der Waals surface area (Å²) in [4.78, 5) is 11.1. The summed E-state index contributed by atoms with van der Waals surface area (Å²) < 4.78 is 0. The molecule has 1 rings (SSSR count). The van der Waals surface area contributed by atoms with Crippen LogP contribution in [0.15, 0.2) is 23.8 Å². The molecule has 0 bridgehead atoms. The maximum absolute atomic E-state index is 11.1. The maximum Gasteiger partial charge on any atom is 0.183 e. The largest absolute Gasteiger partial charge is 0.385 e. The van der Waals surface area contributed by atoms with E-state index in [1.807, 2.05) is 6.08 Å². The van der Waals surface area contributed by atoms with Gasteiger partial charge in [-0.1, -0.05) is 24.6 Å². The van der Waals surface area contributed by atoms with E-state index in [2.05, 4.69) is 26.8 Å². The minimum Gasteiger partial charge on any atom is -0.385 e. The Morgan fingerprint density at radius 3 is 2.88 bits per heavy atom. The van der Waals surface area contributed by atoms with Crippen molar-refractivity contribution in [3.8, 4) is 0 Å². The Balaban J connectivity index is 2.43. The first kappa shape index (κ1) is 13.2. The number of rotatable bonds is 4. The van der Waals surface area contributed by atoms with Crippen molar-refractivity contribution < 1.29 is 9.90 Å². The first-order valence-electron chi connectivity index (χ1n) is 6.04. The quantitative estimate of drug-likeness (QED) is 0.743. The van der Waals surface area contributed by atoms with Crippen molar-refractivity contribution in [2.75, 3.05) is 0 Å². The number of ketones is 1. The summed E-state index contributed by atoms with van der Waals surface area (Å²) >= 11 is 0. The van der Waals surface area contributed by atoms with Crippen LogP contribution < -0.4 is 0 Å². The van der Waals surface area contributed by atoms with Crippen LogP contribution in [0.25, 0.3) is 0 Å². The molecule has 1 unspecified atom stereocenters. The van der Waals surface area contributed by atoms with Crippen LogP contribution >= 0.6 is 0 Å². The van der Waals surface area contributed by atoms with Crippen molar-refractivity contribution in [3.05, 3.63) is 23.8 Å². The van der Waals surface area contributed by atoms with Crippen molar-refractivity contribution in [1.29, 1.82) is 0 Å². The zero-order valence-corrected chi connectivity index (χ0v) is 10.4. The van der Waals surface area contributed by atoms with Crippen LogP contribution in [-0.4, -0.2) is 17.0 Å². The Hall–Kier alpha value is -0.890. The van der Waals surface area contributed by atoms with Crippen LogP contribution in [0, 0.1) is 11.8 Å². The Labute approximate surface area is 98.1 Å². The van der Waals surface area contributed by atoms with E-state index in [9.17, 15) is 9.90 Å². The molecule has 0 aromatic heterocycles. The van der Waals surface area contributed by atoms with Gasteiger partial charge in [-0.3, -0.25) is 4.79 Å². The second kappa shape index (κ2) is 6.00. The molecule has 0 aromatic rings. The molecule has 0 radical (unpaired) electrons. The molecule has 16 heavy (non-hydrogen) atoms. The number of carbonyl (C=O) groups is 1. The van der Waals surface area contributed by atoms with Gasteiger partial charge in [0.25, 0.3) is 0 Å². The van der Waals surface area contributed by atoms with E-state index in [4.69, 9.17) is 0 Å². The van der Waals surface area contributed by atoms with Gasteiger partial charge in [0.05, 0.1) is 0 Å². The average Bonchev–Trinajstić information content (AvgIpc) is 2.21. The standard InChI is InChI=1S/C14H22O2/c1-10(2)5-4-6-11(3)12-7-8-13(15)14(16)9-12/h5,7-8,11-12,14,16H,4,6,9H2,1-3H3/t11?,12-,14+/m1/s1. The lowest BCUT2D eigenvalue weighted by atomic mass is 9.81. The van der Waals surface area contributed by atoms with Crippen molar-refractivity contribution in [3.63, 3.8) is 0 Å². The molecule has 2 heteroatoms. The molecule has 3 atom stereocenters. The number of hydrogen-bond acceptors (Lipinski definition) is 2. The summed E-state index contributed by atoms with van der Waals surface area (Å²) in [6.07, 6.45) is 7.74. The van der Waals surface area contributed by atoms with Crippen LogP contribution in [-0.2, 0) is 4.79 Å². The molecule has 1 N–H and O–H groups in total. The highest BCUT2D eigenvalue weighted by Crippen LogP contribution is 2.27. The van der Waals surface area contributed by atoms with Crippen molar-refractivity contribution in [1.82, 2.24) is 0 Å². The van der Waals surface area contributed by atoms with Gasteiger partial charge in [0, 0.05) is 0 Å². The molecule has 90 valence electrons. The van der Waals surface area contributed by atoms with Crippen LogP contribution in [0.3, 0.4) is 0 Å². The fourth-order valence-corrected chi connectivity index (χ4v) is 2.05. The molecule has 0 saturated heterocycles. The topological polar surface area (TPSA) is 37.3 Å². The lowest BCUT2D eigenvalue weighted by Crippen LogP contribution is -2.28. The predicted octanol–water partition coefficient (Wildman–Crippen LogP) is 2.88. The van der Waals surface area contributed by atoms with E-state index in [1.165, 1.54) is 11.6 Å². The summed E-state index contributed by atoms with van der Waals surface area (Å²) in [5, 5.41) is 9.50. The van der Waals surface area contributed by atoms with E-state index in [0.29, 0.717) is 18.3 Å². The molecule has 0 saturated carbocycles. The van der Waals surface area contributed by atoms with Crippen LogP contribution in [0.1, 0.15) is 40.0 Å². The van der Waals surface area contributed by atoms with Gasteiger partial charge in [-0.15, -0.1) is 0 Å². The highest BCUT2D eigenvalue weighted by molar-refractivity contribution is 5.94. The first-order valence-corrected chi connectivity index (χ1v) is 6.04. The minimum absolute atomic E-state index is 0.146. The van der Waals surface area contributed by atoms with Crippen LogP contribution in [0.4, 0.5) is 0 Å². The minimum atomic E-state index is -0.777. The summed E-state index contributed by atoms with van der Waals surface area (Å²) in [6.45, 7) is 6.40. The van der Waals surface area contributed by atoms with E-state index in [1.54, 1.807) is 0 Å². The molecule has 0 heterocycles. The molecule has 0 fully saturated rings. The second-order valence-electron chi connectivity index (χ2n) is 5.01. The van der Waals surface area contributed by atoms with Gasteiger partial charge in [-0.2, -0.15) is 0 Å². The average molecular weight is 222 g/mol. The van der Waals surface area contributed by atoms with Crippen LogP contribution in [0.5, 0.6) is 0 Å². The molecular formula is C14H22O2. The SMILES string of the molecule is CC(C)=CCCC(C)[C@@H]1C=CC(=O)[C@@H](O)C1. The van der Waals surface area contributed by atoms with Gasteiger partial charge in [-0.05, 0) is 51.0 Å². The second-order valence-corrected chi connectivity index (χ2v) is 5.01. The summed E-state index contributed by atoms with van der Waals surface area (Å²) in [5.74, 6) is 0.723. The Morgan fingerprint density at radius 1 is 1.62 bits per heavy atom. The number of carbonyl (C=O) groups excluding carboxylic acids is 1. The molecule has 1 aliphatic rings. The zero-order chi connectivity index (χ0) is 12.1. The monoisotopic (exact) mass is 222 g/mol. The highest BCUT2D eigenvalue weighted by atomic mass is 16.3. The van der Waals surface area contributed by atoms with Crippen molar-refractivity contribution >= 4 is 5.78 Å². The van der Waals surface area contributed by atoms with Gasteiger partial charge < -0.3 is 5.11 Å². The third-order valence-electron chi connectivity index (χ3n) is 3.24. The predicted molar refractivity (Wildman–Crippen MR) is 66.1 cm³/mol. The Morgan fingerprint density at radius 2 is 2.31 bits per heavy atom. The summed E-state index contributed by atoms with van der Waals surface area (Å²) in [7, 11) is 0. The molecule has 0 amide bonds. The maximum atomic E-state index is 11.1. The first-order chi connectivity index (χ1) is 7.50. The molecule has 0 aliphatic heterocycles. The Kier molecular flexibility index (Phi) is 4.94. The van der Waals surface area contributed by atoms with Gasteiger partial charge >= 0.3 is 0 Å². The summed E-state index contributed by atoms with van der Waals surface area (Å²) in [5.41, 5.74) is 1.35. The number of aliphatic hydroxyl groups is 1. The number of aliphatic hydroxyl groups excluding tert-OH is 1. The molecular weight excluding hydrogens is 200 g/mol. The Bertz CT molecular complexity index is 298. The summed E-state index contributed by atoms with van der Waals surface area (Å²) in [6, 6.07) is 0. The van der Waals surface area contributed by atoms with Crippen molar-refractivity contribution in [2.45, 2.75) is 46.1 Å². The lowest BCUT2D eigenvalue weighted by Gasteiger charge is -2.25. The fourth-order valence-electron chi connectivity index (χ4n) is 2.05. The van der Waals surface area contributed by atoms with Gasteiger partial charge in [0.2, 0.25) is 0 Å². The number of allylic oxidation sites excluding steroid dienone is 3. The normalized spacial score (nSPS) is 26.6. The number of hydrogen-bond donors (Lipinski definition) is 1. The highest BCUT2D eigenvalue weighted by Gasteiger charge is 2.25. The molecule has 2 nitrogen and oxygen atoms in total. The molecule has 0 aromatic carbocycles. The third kappa shape index (κ3) is 3.93. The van der Waals surface area contributed by atoms with Crippen molar-refractivity contribution in [2.24, 2.45) is 11.8 Å². The fraction of sp³-hybridized carbons (Fsp3) is 0.643. The van der Waals surface area contributed by atoms with E-state index >= 15 is 0 Å². The van der Waals surface area contributed by atoms with Gasteiger partial charge in [0.15, 0.2) is 5.78 Å². The molecule has 0 spiro atoms. The lowest BCUT2D eigenvalue weighted by molar-refractivity contribution is -0.123. The van der Waals surface area contributed by atoms with Crippen LogP contribution in [0.2, 0.25) is 0 Å².